The molecule has 202 valence electrons. The Hall–Kier alpha value is -3.08. The molecule has 3 N–H and O–H groups in total. The molecule has 1 aliphatic carbocycles. The average Bonchev–Trinajstić information content (AvgIpc) is 3.58. The van der Waals surface area contributed by atoms with Crippen molar-refractivity contribution in [2.75, 3.05) is 6.61 Å². The van der Waals surface area contributed by atoms with Crippen molar-refractivity contribution in [3.63, 3.8) is 0 Å². The lowest BCUT2D eigenvalue weighted by Gasteiger charge is -2.23. The minimum Gasteiger partial charge on any atom is -0.484 e. The summed E-state index contributed by atoms with van der Waals surface area (Å²) in [5.41, 5.74) is 1.02. The lowest BCUT2D eigenvalue weighted by atomic mass is 9.95. The van der Waals surface area contributed by atoms with Crippen molar-refractivity contribution in [2.24, 2.45) is 5.92 Å². The molecule has 1 aliphatic heterocycles. The predicted molar refractivity (Wildman–Crippen MR) is 129 cm³/mol. The molecule has 1 fully saturated rings. The number of alkyl halides is 3. The number of aryl methyl sites for hydroxylation is 2. The number of hydrogen-bond acceptors (Lipinski definition) is 5. The molecule has 11 heteroatoms. The third-order valence-electron chi connectivity index (χ3n) is 6.63. The first-order valence-electron chi connectivity index (χ1n) is 12.6. The van der Waals surface area contributed by atoms with Gasteiger partial charge in [-0.05, 0) is 56.7 Å². The van der Waals surface area contributed by atoms with Gasteiger partial charge >= 0.3 is 6.18 Å². The molecule has 0 bridgehead atoms. The first-order valence-corrected chi connectivity index (χ1v) is 12.6. The number of ether oxygens (including phenoxy) is 1. The highest BCUT2D eigenvalue weighted by atomic mass is 19.4. The largest absolute Gasteiger partial charge is 0.484 e. The van der Waals surface area contributed by atoms with E-state index < -0.39 is 24.3 Å². The molecule has 37 heavy (non-hydrogen) atoms. The third-order valence-corrected chi connectivity index (χ3v) is 6.63. The van der Waals surface area contributed by atoms with Gasteiger partial charge in [0.2, 0.25) is 0 Å². The highest BCUT2D eigenvalue weighted by molar-refractivity contribution is 5.98. The molecular weight excluding hydrogens is 489 g/mol. The molecule has 2 aliphatic rings. The van der Waals surface area contributed by atoms with Crippen LogP contribution in [0.4, 0.5) is 13.2 Å². The number of nitrogens with zero attached hydrogens (tertiary/aromatic N) is 2. The van der Waals surface area contributed by atoms with Crippen LogP contribution in [0.2, 0.25) is 0 Å². The van der Waals surface area contributed by atoms with Crippen LogP contribution in [0.3, 0.4) is 0 Å². The van der Waals surface area contributed by atoms with Gasteiger partial charge in [0.05, 0.1) is 23.5 Å². The minimum absolute atomic E-state index is 0.0820. The van der Waals surface area contributed by atoms with E-state index in [1.54, 1.807) is 16.8 Å². The standard InChI is InChI=1S/C26H33F3N4O4/c1-25(2,36)24(35)30-14-21-22-20(32-33(21)11-10-16-6-7-16)13-18(31-23(22)34)9-8-17-4-3-5-19(12-17)37-15-26(27,28)29/h3-5,12,16,18,36H,6-11,13-15H2,1-2H3,(H,30,35)(H,31,34)/t18-/m0/s1. The maximum absolute atomic E-state index is 13.1. The normalized spacial score (nSPS) is 17.8. The van der Waals surface area contributed by atoms with E-state index in [-0.39, 0.29) is 24.2 Å². The molecule has 0 radical (unpaired) electrons. The van der Waals surface area contributed by atoms with E-state index in [2.05, 4.69) is 10.6 Å². The van der Waals surface area contributed by atoms with Crippen molar-refractivity contribution in [1.82, 2.24) is 20.4 Å². The van der Waals surface area contributed by atoms with Gasteiger partial charge in [0.15, 0.2) is 6.61 Å². The first-order chi connectivity index (χ1) is 17.4. The highest BCUT2D eigenvalue weighted by Crippen LogP contribution is 2.33. The van der Waals surface area contributed by atoms with Crippen LogP contribution in [0.5, 0.6) is 5.75 Å². The zero-order valence-electron chi connectivity index (χ0n) is 21.0. The van der Waals surface area contributed by atoms with Gasteiger partial charge in [0.25, 0.3) is 11.8 Å². The topological polar surface area (TPSA) is 105 Å². The number of hydrogen-bond donors (Lipinski definition) is 3. The number of halogens is 3. The third kappa shape index (κ3) is 7.47. The second-order valence-electron chi connectivity index (χ2n) is 10.4. The lowest BCUT2D eigenvalue weighted by molar-refractivity contribution is -0.153. The monoisotopic (exact) mass is 522 g/mol. The summed E-state index contributed by atoms with van der Waals surface area (Å²) in [6, 6.07) is 6.33. The zero-order chi connectivity index (χ0) is 26.8. The number of aromatic nitrogens is 2. The summed E-state index contributed by atoms with van der Waals surface area (Å²) in [7, 11) is 0. The van der Waals surface area contributed by atoms with Crippen LogP contribution in [-0.4, -0.2) is 51.1 Å². The van der Waals surface area contributed by atoms with Gasteiger partial charge in [-0.2, -0.15) is 18.3 Å². The number of aliphatic hydroxyl groups is 1. The molecule has 1 aromatic heterocycles. The summed E-state index contributed by atoms with van der Waals surface area (Å²) in [6.45, 7) is 2.18. The summed E-state index contributed by atoms with van der Waals surface area (Å²) in [4.78, 5) is 25.3. The summed E-state index contributed by atoms with van der Waals surface area (Å²) < 4.78 is 44.0. The molecule has 4 rings (SSSR count). The van der Waals surface area contributed by atoms with Gasteiger partial charge in [-0.3, -0.25) is 14.3 Å². The molecule has 1 atom stereocenters. The van der Waals surface area contributed by atoms with E-state index >= 15 is 0 Å². The van der Waals surface area contributed by atoms with Crippen LogP contribution < -0.4 is 15.4 Å². The van der Waals surface area contributed by atoms with Crippen molar-refractivity contribution in [2.45, 2.75) is 83.3 Å². The van der Waals surface area contributed by atoms with E-state index in [1.165, 1.54) is 32.8 Å². The second kappa shape index (κ2) is 10.7. The molecular formula is C26H33F3N4O4. The summed E-state index contributed by atoms with van der Waals surface area (Å²) in [5, 5.41) is 20.4. The van der Waals surface area contributed by atoms with E-state index in [1.807, 2.05) is 6.07 Å². The van der Waals surface area contributed by atoms with Crippen LogP contribution in [0.25, 0.3) is 0 Å². The van der Waals surface area contributed by atoms with Gasteiger partial charge in [-0.25, -0.2) is 0 Å². The number of amides is 2. The van der Waals surface area contributed by atoms with Gasteiger partial charge in [-0.15, -0.1) is 0 Å². The molecule has 0 unspecified atom stereocenters. The SMILES string of the molecule is CC(C)(O)C(=O)NCc1c2c(nn1CCC1CC1)C[C@H](CCc1cccc(OCC(F)(F)F)c1)NC2=O. The Morgan fingerprint density at radius 1 is 1.27 bits per heavy atom. The van der Waals surface area contributed by atoms with E-state index in [9.17, 15) is 27.9 Å². The zero-order valence-corrected chi connectivity index (χ0v) is 21.0. The molecule has 0 spiro atoms. The lowest BCUT2D eigenvalue weighted by Crippen LogP contribution is -2.43. The number of carbonyl (C=O) groups excluding carboxylic acids is 2. The fourth-order valence-electron chi connectivity index (χ4n) is 4.43. The Balaban J connectivity index is 1.43. The summed E-state index contributed by atoms with van der Waals surface area (Å²) in [5.74, 6) is 0.0138. The predicted octanol–water partition coefficient (Wildman–Crippen LogP) is 3.30. The summed E-state index contributed by atoms with van der Waals surface area (Å²) >= 11 is 0. The number of carbonyl (C=O) groups is 2. The van der Waals surface area contributed by atoms with Crippen molar-refractivity contribution >= 4 is 11.8 Å². The molecule has 2 aromatic rings. The van der Waals surface area contributed by atoms with Crippen molar-refractivity contribution < 1.29 is 32.6 Å². The van der Waals surface area contributed by atoms with Crippen molar-refractivity contribution in [3.05, 3.63) is 46.8 Å². The van der Waals surface area contributed by atoms with Crippen LogP contribution in [0.1, 0.15) is 66.8 Å². The molecule has 2 amide bonds. The molecule has 1 aromatic carbocycles. The van der Waals surface area contributed by atoms with Crippen LogP contribution in [0, 0.1) is 5.92 Å². The molecule has 2 heterocycles. The minimum atomic E-state index is -4.40. The van der Waals surface area contributed by atoms with E-state index in [0.717, 1.165) is 12.0 Å². The Morgan fingerprint density at radius 3 is 2.70 bits per heavy atom. The Morgan fingerprint density at radius 2 is 2.03 bits per heavy atom. The van der Waals surface area contributed by atoms with Crippen molar-refractivity contribution in [3.8, 4) is 5.75 Å². The Kier molecular flexibility index (Phi) is 7.82. The van der Waals surface area contributed by atoms with Crippen molar-refractivity contribution in [1.29, 1.82) is 0 Å². The van der Waals surface area contributed by atoms with Crippen LogP contribution in [-0.2, 0) is 30.7 Å². The average molecular weight is 523 g/mol. The van der Waals surface area contributed by atoms with E-state index in [4.69, 9.17) is 9.84 Å². The van der Waals surface area contributed by atoms with Gasteiger partial charge in [0.1, 0.15) is 11.4 Å². The number of rotatable bonds is 11. The smallest absolute Gasteiger partial charge is 0.422 e. The molecule has 0 saturated heterocycles. The number of nitrogens with one attached hydrogen (secondary N) is 2. The number of benzene rings is 1. The second-order valence-corrected chi connectivity index (χ2v) is 10.4. The maximum Gasteiger partial charge on any atom is 0.422 e. The fraction of sp³-hybridized carbons (Fsp3) is 0.577. The van der Waals surface area contributed by atoms with Crippen LogP contribution in [0.15, 0.2) is 24.3 Å². The maximum atomic E-state index is 13.1. The van der Waals surface area contributed by atoms with E-state index in [0.29, 0.717) is 48.7 Å². The van der Waals surface area contributed by atoms with Crippen LogP contribution >= 0.6 is 0 Å². The van der Waals surface area contributed by atoms with Gasteiger partial charge < -0.3 is 20.5 Å². The Bertz CT molecular complexity index is 1140. The first kappa shape index (κ1) is 27.0. The number of fused-ring (bicyclic) bond motifs is 1. The Labute approximate surface area is 213 Å². The molecule has 8 nitrogen and oxygen atoms in total. The summed E-state index contributed by atoms with van der Waals surface area (Å²) in [6.07, 6.45) is 0.554. The highest BCUT2D eigenvalue weighted by Gasteiger charge is 2.33. The molecule has 1 saturated carbocycles. The van der Waals surface area contributed by atoms with Gasteiger partial charge in [-0.1, -0.05) is 25.0 Å². The quantitative estimate of drug-likeness (QED) is 0.420. The van der Waals surface area contributed by atoms with Gasteiger partial charge in [0, 0.05) is 19.0 Å². The fourth-order valence-corrected chi connectivity index (χ4v) is 4.43.